The molecule has 0 amide bonds. The van der Waals surface area contributed by atoms with Crippen molar-refractivity contribution in [2.75, 3.05) is 6.61 Å². The Morgan fingerprint density at radius 3 is 2.50 bits per heavy atom. The van der Waals surface area contributed by atoms with Crippen molar-refractivity contribution in [1.29, 1.82) is 0 Å². The summed E-state index contributed by atoms with van der Waals surface area (Å²) in [4.78, 5) is 11.2. The van der Waals surface area contributed by atoms with Crippen LogP contribution >= 0.6 is 11.6 Å². The zero-order valence-electron chi connectivity index (χ0n) is 18.0. The number of halogens is 1. The van der Waals surface area contributed by atoms with Gasteiger partial charge in [-0.15, -0.1) is 0 Å². The van der Waals surface area contributed by atoms with Gasteiger partial charge in [0.2, 0.25) is 5.79 Å². The van der Waals surface area contributed by atoms with E-state index >= 15 is 0 Å². The van der Waals surface area contributed by atoms with Crippen molar-refractivity contribution in [2.24, 2.45) is 0 Å². The summed E-state index contributed by atoms with van der Waals surface area (Å²) in [6.45, 7) is 3.16. The molecule has 3 N–H and O–H groups in total. The maximum atomic E-state index is 11.2. The Kier molecular flexibility index (Phi) is 6.58. The van der Waals surface area contributed by atoms with E-state index in [0.29, 0.717) is 22.6 Å². The minimum atomic E-state index is -1.70. The van der Waals surface area contributed by atoms with Gasteiger partial charge >= 0.3 is 5.97 Å². The lowest BCUT2D eigenvalue weighted by atomic mass is 9.86. The van der Waals surface area contributed by atoms with E-state index in [1.807, 2.05) is 6.07 Å². The molecule has 2 aliphatic heterocycles. The molecule has 2 aliphatic rings. The van der Waals surface area contributed by atoms with Crippen LogP contribution in [-0.2, 0) is 44.2 Å². The molecule has 0 aromatic heterocycles. The van der Waals surface area contributed by atoms with Crippen molar-refractivity contribution in [3.8, 4) is 0 Å². The smallest absolute Gasteiger partial charge is 0.302 e. The van der Waals surface area contributed by atoms with Gasteiger partial charge in [-0.25, -0.2) is 0 Å². The normalized spacial score (nSPS) is 29.2. The number of carbonyl (C=O) groups excluding carboxylic acids is 1. The topological polar surface area (TPSA) is 105 Å². The molecule has 0 bridgehead atoms. The van der Waals surface area contributed by atoms with Gasteiger partial charge in [-0.3, -0.25) is 4.79 Å². The molecule has 0 aliphatic carbocycles. The van der Waals surface area contributed by atoms with E-state index in [1.165, 1.54) is 12.5 Å². The quantitative estimate of drug-likeness (QED) is 0.585. The predicted octanol–water partition coefficient (Wildman–Crippen LogP) is 2.22. The molecule has 32 heavy (non-hydrogen) atoms. The van der Waals surface area contributed by atoms with E-state index in [4.69, 9.17) is 25.8 Å². The number of aliphatic hydroxyl groups excluding tert-OH is 3. The van der Waals surface area contributed by atoms with Crippen LogP contribution in [-0.4, -0.2) is 52.3 Å². The van der Waals surface area contributed by atoms with E-state index in [2.05, 4.69) is 31.2 Å². The van der Waals surface area contributed by atoms with Crippen LogP contribution in [0.3, 0.4) is 0 Å². The molecule has 172 valence electrons. The molecule has 1 spiro atoms. The molecule has 7 nitrogen and oxygen atoms in total. The molecule has 0 saturated carbocycles. The first kappa shape index (κ1) is 23.2. The summed E-state index contributed by atoms with van der Waals surface area (Å²) in [6.07, 6.45) is -4.13. The summed E-state index contributed by atoms with van der Waals surface area (Å²) < 4.78 is 16.8. The molecule has 1 saturated heterocycles. The molecule has 1 fully saturated rings. The summed E-state index contributed by atoms with van der Waals surface area (Å²) >= 11 is 6.54. The SMILES string of the molecule is CCc1ccc(Cc2cc3c(cc2Cl)COC32OC(COC(C)=O)C(O)C(O)C2O)cc1. The zero-order chi connectivity index (χ0) is 23.0. The molecular weight excluding hydrogens is 436 g/mol. The van der Waals surface area contributed by atoms with Crippen molar-refractivity contribution < 1.29 is 34.3 Å². The van der Waals surface area contributed by atoms with Crippen molar-refractivity contribution in [3.05, 3.63) is 69.2 Å². The third-order valence-electron chi connectivity index (χ3n) is 6.14. The van der Waals surface area contributed by atoms with E-state index < -0.39 is 36.2 Å². The van der Waals surface area contributed by atoms with Crippen LogP contribution in [0.15, 0.2) is 36.4 Å². The summed E-state index contributed by atoms with van der Waals surface area (Å²) in [5.74, 6) is -2.25. The largest absolute Gasteiger partial charge is 0.463 e. The fraction of sp³-hybridized carbons (Fsp3) is 0.458. The first-order valence-corrected chi connectivity index (χ1v) is 11.0. The standard InChI is InChI=1S/C24H27ClO7/c1-3-14-4-6-15(7-5-14)8-16-9-18-17(10-19(16)25)11-31-24(18)23(29)22(28)21(27)20(32-24)12-30-13(2)26/h4-7,9-10,20-23,27-29H,3,8,11-12H2,1-2H3. The number of rotatable bonds is 5. The number of fused-ring (bicyclic) bond motifs is 2. The maximum absolute atomic E-state index is 11.2. The minimum Gasteiger partial charge on any atom is -0.463 e. The van der Waals surface area contributed by atoms with Gasteiger partial charge in [-0.05, 0) is 47.2 Å². The third kappa shape index (κ3) is 4.17. The average molecular weight is 463 g/mol. The zero-order valence-corrected chi connectivity index (χ0v) is 18.7. The number of benzene rings is 2. The van der Waals surface area contributed by atoms with Crippen LogP contribution < -0.4 is 0 Å². The van der Waals surface area contributed by atoms with Crippen molar-refractivity contribution in [2.45, 2.75) is 63.5 Å². The summed E-state index contributed by atoms with van der Waals surface area (Å²) in [5, 5.41) is 32.3. The Hall–Kier alpha value is -2.00. The molecule has 2 heterocycles. The van der Waals surface area contributed by atoms with Crippen molar-refractivity contribution >= 4 is 17.6 Å². The summed E-state index contributed by atoms with van der Waals surface area (Å²) in [7, 11) is 0. The van der Waals surface area contributed by atoms with Gasteiger partial charge in [0.15, 0.2) is 0 Å². The number of ether oxygens (including phenoxy) is 3. The first-order valence-electron chi connectivity index (χ1n) is 10.6. The van der Waals surface area contributed by atoms with Crippen molar-refractivity contribution in [3.63, 3.8) is 0 Å². The van der Waals surface area contributed by atoms with Gasteiger partial charge in [0.25, 0.3) is 0 Å². The highest BCUT2D eigenvalue weighted by Crippen LogP contribution is 2.47. The second-order valence-corrected chi connectivity index (χ2v) is 8.70. The van der Waals surface area contributed by atoms with Crippen LogP contribution in [0.1, 0.15) is 41.7 Å². The molecule has 4 rings (SSSR count). The molecule has 8 heteroatoms. The maximum Gasteiger partial charge on any atom is 0.302 e. The molecule has 0 radical (unpaired) electrons. The molecule has 5 atom stereocenters. The third-order valence-corrected chi connectivity index (χ3v) is 6.49. The highest BCUT2D eigenvalue weighted by Gasteiger charge is 2.58. The van der Waals surface area contributed by atoms with Gasteiger partial charge in [0, 0.05) is 17.5 Å². The minimum absolute atomic E-state index is 0.112. The number of aliphatic hydroxyl groups is 3. The highest BCUT2D eigenvalue weighted by atomic mass is 35.5. The van der Waals surface area contributed by atoms with E-state index in [0.717, 1.165) is 17.5 Å². The van der Waals surface area contributed by atoms with Crippen LogP contribution in [0, 0.1) is 0 Å². The van der Waals surface area contributed by atoms with E-state index in [9.17, 15) is 20.1 Å². The second kappa shape index (κ2) is 9.09. The van der Waals surface area contributed by atoms with Crippen LogP contribution in [0.4, 0.5) is 0 Å². The fourth-order valence-electron chi connectivity index (χ4n) is 4.28. The lowest BCUT2D eigenvalue weighted by molar-refractivity contribution is -0.368. The molecule has 5 unspecified atom stereocenters. The number of carbonyl (C=O) groups is 1. The second-order valence-electron chi connectivity index (χ2n) is 8.29. The van der Waals surface area contributed by atoms with Crippen molar-refractivity contribution in [1.82, 2.24) is 0 Å². The van der Waals surface area contributed by atoms with Gasteiger partial charge < -0.3 is 29.5 Å². The summed E-state index contributed by atoms with van der Waals surface area (Å²) in [5.41, 5.74) is 4.38. The Labute approximate surface area is 191 Å². The van der Waals surface area contributed by atoms with E-state index in [1.54, 1.807) is 6.07 Å². The Bertz CT molecular complexity index is 993. The molecule has 2 aromatic carbocycles. The van der Waals surface area contributed by atoms with Crippen LogP contribution in [0.2, 0.25) is 5.02 Å². The number of hydrogen-bond acceptors (Lipinski definition) is 7. The first-order chi connectivity index (χ1) is 15.2. The van der Waals surface area contributed by atoms with Gasteiger partial charge in [0.05, 0.1) is 6.61 Å². The highest BCUT2D eigenvalue weighted by molar-refractivity contribution is 6.31. The Morgan fingerprint density at radius 2 is 1.84 bits per heavy atom. The Morgan fingerprint density at radius 1 is 1.16 bits per heavy atom. The van der Waals surface area contributed by atoms with Crippen LogP contribution in [0.5, 0.6) is 0 Å². The van der Waals surface area contributed by atoms with Crippen LogP contribution in [0.25, 0.3) is 0 Å². The molecular formula is C24H27ClO7. The monoisotopic (exact) mass is 462 g/mol. The van der Waals surface area contributed by atoms with Gasteiger partial charge in [0.1, 0.15) is 31.0 Å². The average Bonchev–Trinajstić information content (AvgIpc) is 3.12. The molecule has 2 aromatic rings. The number of hydrogen-bond donors (Lipinski definition) is 3. The van der Waals surface area contributed by atoms with E-state index in [-0.39, 0.29) is 13.2 Å². The fourth-order valence-corrected chi connectivity index (χ4v) is 4.54. The van der Waals surface area contributed by atoms with Gasteiger partial charge in [-0.1, -0.05) is 42.8 Å². The summed E-state index contributed by atoms with van der Waals surface area (Å²) in [6, 6.07) is 11.8. The number of esters is 1. The Balaban J connectivity index is 1.67. The lowest BCUT2D eigenvalue weighted by Crippen LogP contribution is -2.63. The number of aryl methyl sites for hydroxylation is 1. The van der Waals surface area contributed by atoms with Gasteiger partial charge in [-0.2, -0.15) is 0 Å². The predicted molar refractivity (Wildman–Crippen MR) is 116 cm³/mol. The lowest BCUT2D eigenvalue weighted by Gasteiger charge is -2.46.